The Morgan fingerprint density at radius 1 is 0.800 bits per heavy atom. The fourth-order valence-corrected chi connectivity index (χ4v) is 4.42. The van der Waals surface area contributed by atoms with Crippen LogP contribution in [-0.2, 0) is 12.8 Å². The van der Waals surface area contributed by atoms with E-state index in [1.807, 2.05) is 36.4 Å². The van der Waals surface area contributed by atoms with Crippen LogP contribution in [0.4, 0.5) is 17.3 Å². The highest BCUT2D eigenvalue weighted by molar-refractivity contribution is 9.10. The van der Waals surface area contributed by atoms with Crippen LogP contribution in [0.3, 0.4) is 0 Å². The molecule has 0 aliphatic rings. The first-order valence-electron chi connectivity index (χ1n) is 9.99. The van der Waals surface area contributed by atoms with Crippen molar-refractivity contribution < 1.29 is 0 Å². The minimum absolute atomic E-state index is 0.707. The molecule has 30 heavy (non-hydrogen) atoms. The van der Waals surface area contributed by atoms with Crippen LogP contribution in [0.25, 0.3) is 11.0 Å². The summed E-state index contributed by atoms with van der Waals surface area (Å²) in [6.07, 6.45) is 1.99. The van der Waals surface area contributed by atoms with Crippen LogP contribution in [0.5, 0.6) is 0 Å². The first-order chi connectivity index (χ1) is 14.6. The lowest BCUT2D eigenvalue weighted by atomic mass is 10.1. The van der Waals surface area contributed by atoms with Gasteiger partial charge in [-0.2, -0.15) is 0 Å². The summed E-state index contributed by atoms with van der Waals surface area (Å²) in [6.45, 7) is 4.35. The third-order valence-corrected chi connectivity index (χ3v) is 6.04. The molecule has 0 atom stereocenters. The van der Waals surface area contributed by atoms with Crippen molar-refractivity contribution in [2.75, 3.05) is 10.0 Å². The number of halogens is 1. The second-order valence-corrected chi connectivity index (χ2v) is 8.74. The van der Waals surface area contributed by atoms with E-state index in [2.05, 4.69) is 70.1 Å². The molecule has 0 aliphatic heterocycles. The van der Waals surface area contributed by atoms with Gasteiger partial charge < -0.3 is 10.0 Å². The molecule has 0 bridgehead atoms. The second kappa shape index (κ2) is 9.49. The minimum Gasteiger partial charge on any atom is -0.337 e. The monoisotopic (exact) mass is 478 g/mol. The minimum atomic E-state index is 0.707. The number of nitrogens with zero attached hydrogens (tertiary/aromatic N) is 2. The fourth-order valence-electron chi connectivity index (χ4n) is 3.18. The van der Waals surface area contributed by atoms with Crippen LogP contribution in [0.2, 0.25) is 0 Å². The van der Waals surface area contributed by atoms with E-state index in [1.54, 1.807) is 0 Å². The molecule has 0 saturated carbocycles. The van der Waals surface area contributed by atoms with E-state index in [-0.39, 0.29) is 0 Å². The smallest absolute Gasteiger partial charge is 0.180 e. The summed E-state index contributed by atoms with van der Waals surface area (Å²) in [6, 6.07) is 22.7. The van der Waals surface area contributed by atoms with Gasteiger partial charge in [0.15, 0.2) is 11.6 Å². The van der Waals surface area contributed by atoms with E-state index in [4.69, 9.17) is 9.97 Å². The fraction of sp³-hybridized carbons (Fsp3) is 0.167. The van der Waals surface area contributed by atoms with Crippen molar-refractivity contribution in [1.82, 2.24) is 9.97 Å². The van der Waals surface area contributed by atoms with Crippen LogP contribution in [-0.4, -0.2) is 9.97 Å². The topological polar surface area (TPSA) is 49.8 Å². The highest BCUT2D eigenvalue weighted by Gasteiger charge is 2.11. The predicted molar refractivity (Wildman–Crippen MR) is 132 cm³/mol. The molecule has 3 aromatic carbocycles. The van der Waals surface area contributed by atoms with Crippen molar-refractivity contribution in [2.24, 2.45) is 0 Å². The van der Waals surface area contributed by atoms with E-state index < -0.39 is 0 Å². The molecule has 4 aromatic rings. The van der Waals surface area contributed by atoms with Crippen LogP contribution in [0.1, 0.15) is 25.0 Å². The molecule has 0 aliphatic carbocycles. The van der Waals surface area contributed by atoms with Crippen molar-refractivity contribution >= 4 is 56.2 Å². The van der Waals surface area contributed by atoms with E-state index in [9.17, 15) is 0 Å². The van der Waals surface area contributed by atoms with Gasteiger partial charge in [0.25, 0.3) is 0 Å². The average Bonchev–Trinajstić information content (AvgIpc) is 2.77. The number of anilines is 3. The first-order valence-corrected chi connectivity index (χ1v) is 11.6. The second-order valence-electron chi connectivity index (χ2n) is 6.94. The normalized spacial score (nSPS) is 10.9. The lowest BCUT2D eigenvalue weighted by Crippen LogP contribution is -2.03. The molecule has 0 saturated heterocycles. The number of aromatic nitrogens is 2. The first kappa shape index (κ1) is 20.7. The van der Waals surface area contributed by atoms with Gasteiger partial charge in [0.2, 0.25) is 0 Å². The van der Waals surface area contributed by atoms with E-state index in [0.717, 1.165) is 38.9 Å². The van der Waals surface area contributed by atoms with Crippen molar-refractivity contribution in [3.63, 3.8) is 0 Å². The molecule has 0 radical (unpaired) electrons. The summed E-state index contributed by atoms with van der Waals surface area (Å²) in [4.78, 5) is 10.8. The lowest BCUT2D eigenvalue weighted by Gasteiger charge is -2.14. The number of fused-ring (bicyclic) bond motifs is 1. The molecule has 0 unspecified atom stereocenters. The average molecular weight is 479 g/mol. The number of benzene rings is 3. The molecule has 152 valence electrons. The standard InChI is InChI=1S/C24H23BrN4S/c1-3-16-12-17(4-2)14-19(13-16)26-23-24(28-22-11-6-5-10-21(22)27-23)29-30-20-9-7-8-18(25)15-20/h5-15H,3-4H2,1-2H3,(H,26,27)(H,28,29). The molecule has 1 aromatic heterocycles. The van der Waals surface area contributed by atoms with Gasteiger partial charge >= 0.3 is 0 Å². The molecule has 4 rings (SSSR count). The molecular weight excluding hydrogens is 456 g/mol. The van der Waals surface area contributed by atoms with Crippen molar-refractivity contribution in [1.29, 1.82) is 0 Å². The predicted octanol–water partition coefficient (Wildman–Crippen LogP) is 7.38. The Kier molecular flexibility index (Phi) is 6.55. The summed E-state index contributed by atoms with van der Waals surface area (Å²) in [5.41, 5.74) is 5.37. The van der Waals surface area contributed by atoms with Gasteiger partial charge in [-0.05, 0) is 78.4 Å². The molecule has 2 N–H and O–H groups in total. The van der Waals surface area contributed by atoms with E-state index in [0.29, 0.717) is 11.6 Å². The van der Waals surface area contributed by atoms with Crippen LogP contribution < -0.4 is 10.0 Å². The Labute approximate surface area is 189 Å². The lowest BCUT2D eigenvalue weighted by molar-refractivity contribution is 1.09. The van der Waals surface area contributed by atoms with Gasteiger partial charge in [0.1, 0.15) is 0 Å². The summed E-state index contributed by atoms with van der Waals surface area (Å²) in [5.74, 6) is 1.42. The highest BCUT2D eigenvalue weighted by Crippen LogP contribution is 2.30. The van der Waals surface area contributed by atoms with Crippen LogP contribution >= 0.6 is 27.9 Å². The zero-order valence-electron chi connectivity index (χ0n) is 16.9. The Bertz CT molecular complexity index is 1160. The molecular formula is C24H23BrN4S. The van der Waals surface area contributed by atoms with Gasteiger partial charge in [-0.1, -0.05) is 54.0 Å². The number of nitrogens with one attached hydrogen (secondary N) is 2. The van der Waals surface area contributed by atoms with Crippen LogP contribution in [0, 0.1) is 0 Å². The molecule has 0 fully saturated rings. The van der Waals surface area contributed by atoms with Gasteiger partial charge in [-0.15, -0.1) is 0 Å². The Morgan fingerprint density at radius 3 is 2.10 bits per heavy atom. The van der Waals surface area contributed by atoms with Crippen molar-refractivity contribution in [3.8, 4) is 0 Å². The highest BCUT2D eigenvalue weighted by atomic mass is 79.9. The number of rotatable bonds is 7. The number of aryl methyl sites for hydroxylation is 2. The van der Waals surface area contributed by atoms with Crippen LogP contribution in [0.15, 0.2) is 76.1 Å². The third kappa shape index (κ3) is 4.94. The molecule has 4 nitrogen and oxygen atoms in total. The zero-order valence-corrected chi connectivity index (χ0v) is 19.3. The Balaban J connectivity index is 1.69. The number of hydrogen-bond donors (Lipinski definition) is 2. The maximum atomic E-state index is 4.85. The molecule has 0 spiro atoms. The van der Waals surface area contributed by atoms with Gasteiger partial charge in [0.05, 0.1) is 11.0 Å². The van der Waals surface area contributed by atoms with Crippen molar-refractivity contribution in [3.05, 3.63) is 82.3 Å². The Hall–Kier alpha value is -2.57. The van der Waals surface area contributed by atoms with Crippen molar-refractivity contribution in [2.45, 2.75) is 31.6 Å². The van der Waals surface area contributed by atoms with E-state index in [1.165, 1.54) is 23.1 Å². The summed E-state index contributed by atoms with van der Waals surface area (Å²) in [7, 11) is 0. The molecule has 0 amide bonds. The van der Waals surface area contributed by atoms with Gasteiger partial charge in [-0.3, -0.25) is 0 Å². The van der Waals surface area contributed by atoms with Gasteiger partial charge in [-0.25, -0.2) is 9.97 Å². The maximum Gasteiger partial charge on any atom is 0.180 e. The quantitative estimate of drug-likeness (QED) is 0.271. The molecule has 1 heterocycles. The zero-order chi connectivity index (χ0) is 20.9. The number of hydrogen-bond acceptors (Lipinski definition) is 5. The maximum absolute atomic E-state index is 4.85. The summed E-state index contributed by atoms with van der Waals surface area (Å²) < 4.78 is 4.43. The summed E-state index contributed by atoms with van der Waals surface area (Å²) >= 11 is 5.04. The van der Waals surface area contributed by atoms with E-state index >= 15 is 0 Å². The summed E-state index contributed by atoms with van der Waals surface area (Å²) in [5, 5.41) is 3.50. The third-order valence-electron chi connectivity index (χ3n) is 4.76. The molecule has 6 heteroatoms. The number of para-hydroxylation sites is 2. The Morgan fingerprint density at radius 2 is 1.47 bits per heavy atom. The SMILES string of the molecule is CCc1cc(CC)cc(Nc2nc3ccccc3nc2NSc2cccc(Br)c2)c1. The largest absolute Gasteiger partial charge is 0.337 e. The van der Waals surface area contributed by atoms with Gasteiger partial charge in [0, 0.05) is 15.1 Å².